The quantitative estimate of drug-likeness (QED) is 0.805. The molecule has 5 unspecified atom stereocenters. The maximum atomic E-state index is 11.4. The van der Waals surface area contributed by atoms with Crippen molar-refractivity contribution >= 4 is 5.97 Å². The van der Waals surface area contributed by atoms with E-state index in [-0.39, 0.29) is 12.0 Å². The van der Waals surface area contributed by atoms with Gasteiger partial charge in [-0.3, -0.25) is 9.69 Å². The summed E-state index contributed by atoms with van der Waals surface area (Å²) in [7, 11) is 0. The van der Waals surface area contributed by atoms with Gasteiger partial charge in [0.25, 0.3) is 0 Å². The first kappa shape index (κ1) is 12.9. The van der Waals surface area contributed by atoms with E-state index in [1.807, 2.05) is 0 Å². The van der Waals surface area contributed by atoms with Gasteiger partial charge in [0.15, 0.2) is 0 Å². The molecule has 0 radical (unpaired) electrons. The van der Waals surface area contributed by atoms with Gasteiger partial charge in [-0.15, -0.1) is 0 Å². The zero-order chi connectivity index (χ0) is 12.6. The van der Waals surface area contributed by atoms with Crippen LogP contribution in [-0.2, 0) is 4.79 Å². The lowest BCUT2D eigenvalue weighted by Crippen LogP contribution is -2.48. The number of carboxylic acid groups (broad SMARTS) is 1. The highest BCUT2D eigenvalue weighted by Crippen LogP contribution is 2.37. The second-order valence-electron chi connectivity index (χ2n) is 6.32. The van der Waals surface area contributed by atoms with Crippen LogP contribution in [0.5, 0.6) is 0 Å². The summed E-state index contributed by atoms with van der Waals surface area (Å²) in [5, 5.41) is 9.38. The molecule has 5 atom stereocenters. The van der Waals surface area contributed by atoms with Crippen molar-refractivity contribution in [1.29, 1.82) is 0 Å². The second-order valence-corrected chi connectivity index (χ2v) is 6.32. The van der Waals surface area contributed by atoms with Crippen LogP contribution in [0.25, 0.3) is 0 Å². The zero-order valence-corrected chi connectivity index (χ0v) is 11.2. The Morgan fingerprint density at radius 3 is 2.35 bits per heavy atom. The SMILES string of the molecule is CC1CCC(C(=O)O)C(N2CC(C)CC2C)C1. The second kappa shape index (κ2) is 4.97. The Morgan fingerprint density at radius 2 is 1.82 bits per heavy atom. The molecular formula is C14H25NO2. The van der Waals surface area contributed by atoms with Crippen LogP contribution < -0.4 is 0 Å². The molecule has 98 valence electrons. The van der Waals surface area contributed by atoms with E-state index < -0.39 is 5.97 Å². The highest BCUT2D eigenvalue weighted by molar-refractivity contribution is 5.71. The van der Waals surface area contributed by atoms with Crippen molar-refractivity contribution in [1.82, 2.24) is 4.90 Å². The maximum absolute atomic E-state index is 11.4. The van der Waals surface area contributed by atoms with Crippen LogP contribution in [0.2, 0.25) is 0 Å². The van der Waals surface area contributed by atoms with Crippen LogP contribution in [0, 0.1) is 17.8 Å². The largest absolute Gasteiger partial charge is 0.481 e. The first-order valence-electron chi connectivity index (χ1n) is 6.97. The van der Waals surface area contributed by atoms with Gasteiger partial charge in [0, 0.05) is 18.6 Å². The molecule has 1 saturated heterocycles. The summed E-state index contributed by atoms with van der Waals surface area (Å²) in [6.45, 7) is 7.87. The first-order valence-corrected chi connectivity index (χ1v) is 6.97. The first-order chi connectivity index (χ1) is 7.99. The van der Waals surface area contributed by atoms with Crippen molar-refractivity contribution in [3.05, 3.63) is 0 Å². The minimum atomic E-state index is -0.589. The van der Waals surface area contributed by atoms with Crippen molar-refractivity contribution in [2.45, 2.75) is 58.5 Å². The van der Waals surface area contributed by atoms with Crippen LogP contribution >= 0.6 is 0 Å². The van der Waals surface area contributed by atoms with E-state index in [1.54, 1.807) is 0 Å². The molecule has 0 aromatic rings. The maximum Gasteiger partial charge on any atom is 0.308 e. The number of nitrogens with zero attached hydrogens (tertiary/aromatic N) is 1. The van der Waals surface area contributed by atoms with Crippen molar-refractivity contribution in [2.24, 2.45) is 17.8 Å². The zero-order valence-electron chi connectivity index (χ0n) is 11.2. The third kappa shape index (κ3) is 2.65. The number of carboxylic acids is 1. The number of hydrogen-bond acceptors (Lipinski definition) is 2. The summed E-state index contributed by atoms with van der Waals surface area (Å²) in [6, 6.07) is 0.832. The summed E-state index contributed by atoms with van der Waals surface area (Å²) in [6.07, 6.45) is 4.22. The van der Waals surface area contributed by atoms with E-state index in [9.17, 15) is 9.90 Å². The van der Waals surface area contributed by atoms with Crippen LogP contribution in [0.3, 0.4) is 0 Å². The van der Waals surface area contributed by atoms with Gasteiger partial charge < -0.3 is 5.11 Å². The molecule has 3 nitrogen and oxygen atoms in total. The van der Waals surface area contributed by atoms with E-state index in [0.717, 1.165) is 31.7 Å². The van der Waals surface area contributed by atoms with Gasteiger partial charge in [0.2, 0.25) is 0 Å². The minimum Gasteiger partial charge on any atom is -0.481 e. The summed E-state index contributed by atoms with van der Waals surface area (Å²) >= 11 is 0. The van der Waals surface area contributed by atoms with E-state index in [4.69, 9.17) is 0 Å². The van der Waals surface area contributed by atoms with Crippen LogP contribution in [0.4, 0.5) is 0 Å². The van der Waals surface area contributed by atoms with Crippen LogP contribution in [0.1, 0.15) is 46.5 Å². The Balaban J connectivity index is 2.12. The predicted molar refractivity (Wildman–Crippen MR) is 67.9 cm³/mol. The molecule has 0 aromatic carbocycles. The Hall–Kier alpha value is -0.570. The third-order valence-corrected chi connectivity index (χ3v) is 4.65. The smallest absolute Gasteiger partial charge is 0.308 e. The predicted octanol–water partition coefficient (Wildman–Crippen LogP) is 2.61. The third-order valence-electron chi connectivity index (χ3n) is 4.65. The topological polar surface area (TPSA) is 40.5 Å². The molecule has 1 saturated carbocycles. The number of rotatable bonds is 2. The Labute approximate surface area is 104 Å². The molecule has 3 heteroatoms. The van der Waals surface area contributed by atoms with Crippen molar-refractivity contribution < 1.29 is 9.90 Å². The Kier molecular flexibility index (Phi) is 3.76. The molecular weight excluding hydrogens is 214 g/mol. The average molecular weight is 239 g/mol. The highest BCUT2D eigenvalue weighted by Gasteiger charge is 2.41. The summed E-state index contributed by atoms with van der Waals surface area (Å²) < 4.78 is 0. The average Bonchev–Trinajstić information content (AvgIpc) is 2.57. The number of carbonyl (C=O) groups is 1. The standard InChI is InChI=1S/C14H25NO2/c1-9-4-5-12(14(16)17)13(7-9)15-8-10(2)6-11(15)3/h9-13H,4-8H2,1-3H3,(H,16,17). The van der Waals surface area contributed by atoms with Crippen molar-refractivity contribution in [3.8, 4) is 0 Å². The van der Waals surface area contributed by atoms with Crippen molar-refractivity contribution in [3.63, 3.8) is 0 Å². The lowest BCUT2D eigenvalue weighted by atomic mass is 9.78. The van der Waals surface area contributed by atoms with E-state index >= 15 is 0 Å². The highest BCUT2D eigenvalue weighted by atomic mass is 16.4. The normalized spacial score (nSPS) is 43.8. The van der Waals surface area contributed by atoms with Gasteiger partial charge in [0.1, 0.15) is 0 Å². The molecule has 1 aliphatic heterocycles. The molecule has 1 heterocycles. The molecule has 2 aliphatic rings. The summed E-state index contributed by atoms with van der Waals surface area (Å²) in [5.41, 5.74) is 0. The van der Waals surface area contributed by atoms with Gasteiger partial charge >= 0.3 is 5.97 Å². The number of hydrogen-bond donors (Lipinski definition) is 1. The fourth-order valence-electron chi connectivity index (χ4n) is 3.80. The van der Waals surface area contributed by atoms with Gasteiger partial charge in [0.05, 0.1) is 5.92 Å². The Bertz CT molecular complexity index is 292. The van der Waals surface area contributed by atoms with E-state index in [2.05, 4.69) is 25.7 Å². The number of aliphatic carboxylic acids is 1. The number of likely N-dealkylation sites (tertiary alicyclic amines) is 1. The minimum absolute atomic E-state index is 0.140. The molecule has 2 rings (SSSR count). The van der Waals surface area contributed by atoms with Gasteiger partial charge in [-0.1, -0.05) is 13.8 Å². The van der Waals surface area contributed by atoms with Gasteiger partial charge in [-0.25, -0.2) is 0 Å². The van der Waals surface area contributed by atoms with Crippen molar-refractivity contribution in [2.75, 3.05) is 6.54 Å². The molecule has 1 N–H and O–H groups in total. The molecule has 0 bridgehead atoms. The van der Waals surface area contributed by atoms with Gasteiger partial charge in [-0.05, 0) is 44.4 Å². The Morgan fingerprint density at radius 1 is 1.12 bits per heavy atom. The van der Waals surface area contributed by atoms with E-state index in [0.29, 0.717) is 12.0 Å². The summed E-state index contributed by atoms with van der Waals surface area (Å²) in [4.78, 5) is 13.9. The molecule has 17 heavy (non-hydrogen) atoms. The lowest BCUT2D eigenvalue weighted by Gasteiger charge is -2.40. The molecule has 0 aromatic heterocycles. The summed E-state index contributed by atoms with van der Waals surface area (Å²) in [5.74, 6) is 0.669. The monoisotopic (exact) mass is 239 g/mol. The van der Waals surface area contributed by atoms with E-state index in [1.165, 1.54) is 6.42 Å². The lowest BCUT2D eigenvalue weighted by molar-refractivity contribution is -0.146. The molecule has 1 aliphatic carbocycles. The fourth-order valence-corrected chi connectivity index (χ4v) is 3.80. The molecule has 0 amide bonds. The van der Waals surface area contributed by atoms with Crippen LogP contribution in [-0.4, -0.2) is 34.6 Å². The van der Waals surface area contributed by atoms with Crippen LogP contribution in [0.15, 0.2) is 0 Å². The fraction of sp³-hybridized carbons (Fsp3) is 0.929. The van der Waals surface area contributed by atoms with Gasteiger partial charge in [-0.2, -0.15) is 0 Å². The molecule has 0 spiro atoms. The molecule has 2 fully saturated rings.